The van der Waals surface area contributed by atoms with Gasteiger partial charge in [-0.25, -0.2) is 0 Å². The molecule has 0 saturated heterocycles. The largest absolute Gasteiger partial charge is 0.505 e. The fourth-order valence-electron chi connectivity index (χ4n) is 4.08. The van der Waals surface area contributed by atoms with Gasteiger partial charge in [-0.05, 0) is 31.6 Å². The SMILES string of the molecule is C=C(C)[C@@H]1C[C@@H]2[C@H](C)C(=O)[C@H]1C[C@@]2(C)C(O)=C[N+]#N. The average molecular weight is 261 g/mol. The highest BCUT2D eigenvalue weighted by Crippen LogP contribution is 2.59. The third kappa shape index (κ3) is 1.88. The van der Waals surface area contributed by atoms with Gasteiger partial charge in [-0.3, -0.25) is 4.79 Å². The molecule has 0 amide bonds. The van der Waals surface area contributed by atoms with E-state index < -0.39 is 5.41 Å². The zero-order valence-corrected chi connectivity index (χ0v) is 11.8. The van der Waals surface area contributed by atoms with E-state index in [1.165, 1.54) is 0 Å². The molecule has 0 aromatic carbocycles. The van der Waals surface area contributed by atoms with E-state index in [4.69, 9.17) is 5.39 Å². The molecule has 0 aromatic heterocycles. The summed E-state index contributed by atoms with van der Waals surface area (Å²) in [7, 11) is 0. The highest BCUT2D eigenvalue weighted by Gasteiger charge is 2.58. The number of nitrogens with zero attached hydrogens (tertiary/aromatic N) is 2. The number of rotatable bonds is 2. The third-order valence-electron chi connectivity index (χ3n) is 5.27. The molecule has 0 aromatic rings. The first-order valence-corrected chi connectivity index (χ1v) is 6.76. The van der Waals surface area contributed by atoms with Crippen molar-refractivity contribution >= 4 is 5.78 Å². The lowest BCUT2D eigenvalue weighted by molar-refractivity contribution is -0.147. The average Bonchev–Trinajstić information content (AvgIpc) is 2.35. The van der Waals surface area contributed by atoms with Crippen LogP contribution in [0.2, 0.25) is 0 Å². The molecule has 0 unspecified atom stereocenters. The van der Waals surface area contributed by atoms with Crippen LogP contribution in [-0.4, -0.2) is 10.9 Å². The van der Waals surface area contributed by atoms with Crippen LogP contribution in [0.4, 0.5) is 0 Å². The fraction of sp³-hybridized carbons (Fsp3) is 0.667. The molecule has 0 spiro atoms. The summed E-state index contributed by atoms with van der Waals surface area (Å²) in [5.74, 6) is 0.524. The minimum absolute atomic E-state index is 0.0615. The number of diazo groups is 1. The van der Waals surface area contributed by atoms with E-state index in [1.807, 2.05) is 20.8 Å². The second kappa shape index (κ2) is 4.48. The number of carbonyl (C=O) groups excluding carboxylic acids is 1. The number of fused-ring (bicyclic) bond motifs is 3. The minimum Gasteiger partial charge on any atom is -0.505 e. The van der Waals surface area contributed by atoms with Crippen molar-refractivity contribution in [3.63, 3.8) is 0 Å². The van der Waals surface area contributed by atoms with Crippen LogP contribution in [0.15, 0.2) is 24.1 Å². The quantitative estimate of drug-likeness (QED) is 0.468. The van der Waals surface area contributed by atoms with Crippen LogP contribution in [0.5, 0.6) is 0 Å². The highest BCUT2D eigenvalue weighted by molar-refractivity contribution is 5.86. The van der Waals surface area contributed by atoms with Gasteiger partial charge in [0.2, 0.25) is 5.39 Å². The van der Waals surface area contributed by atoms with E-state index in [0.29, 0.717) is 6.42 Å². The summed E-state index contributed by atoms with van der Waals surface area (Å²) in [6.45, 7) is 9.87. The maximum Gasteiger partial charge on any atom is 0.387 e. The normalized spacial score (nSPS) is 42.0. The number of aliphatic hydroxyl groups is 1. The Morgan fingerprint density at radius 2 is 2.26 bits per heavy atom. The first-order valence-electron chi connectivity index (χ1n) is 6.76. The Balaban J connectivity index is 2.41. The number of Topliss-reactive ketones (excluding diaryl/α,β-unsaturated/α-hetero) is 1. The van der Waals surface area contributed by atoms with E-state index >= 15 is 0 Å². The summed E-state index contributed by atoms with van der Waals surface area (Å²) < 4.78 is 0. The van der Waals surface area contributed by atoms with E-state index in [0.717, 1.165) is 18.2 Å². The lowest BCUT2D eigenvalue weighted by atomic mass is 9.48. The van der Waals surface area contributed by atoms with Crippen molar-refractivity contribution in [3.8, 4) is 0 Å². The van der Waals surface area contributed by atoms with Crippen molar-refractivity contribution in [1.29, 1.82) is 5.39 Å². The summed E-state index contributed by atoms with van der Waals surface area (Å²) in [5, 5.41) is 18.8. The number of aliphatic hydroxyl groups excluding tert-OH is 1. The van der Waals surface area contributed by atoms with E-state index in [-0.39, 0.29) is 35.2 Å². The summed E-state index contributed by atoms with van der Waals surface area (Å²) in [6, 6.07) is 0. The van der Waals surface area contributed by atoms with Gasteiger partial charge in [0.05, 0.1) is 0 Å². The Kier molecular flexibility index (Phi) is 3.25. The van der Waals surface area contributed by atoms with Crippen molar-refractivity contribution < 1.29 is 9.90 Å². The Hall–Kier alpha value is -1.63. The molecule has 3 rings (SSSR count). The van der Waals surface area contributed by atoms with Gasteiger partial charge in [-0.15, -0.1) is 0 Å². The first kappa shape index (κ1) is 13.8. The Morgan fingerprint density at radius 1 is 1.63 bits per heavy atom. The molecule has 3 fully saturated rings. The van der Waals surface area contributed by atoms with Crippen molar-refractivity contribution in [3.05, 3.63) is 29.1 Å². The van der Waals surface area contributed by atoms with Gasteiger partial charge in [0.15, 0.2) is 10.7 Å². The van der Waals surface area contributed by atoms with Crippen molar-refractivity contribution in [2.24, 2.45) is 29.1 Å². The molecule has 1 N–H and O–H groups in total. The van der Waals surface area contributed by atoms with Crippen LogP contribution in [0, 0.1) is 34.5 Å². The van der Waals surface area contributed by atoms with Gasteiger partial charge in [0.1, 0.15) is 5.78 Å². The Labute approximate surface area is 113 Å². The number of allylic oxidation sites excluding steroid dienone is 2. The predicted octanol–water partition coefficient (Wildman–Crippen LogP) is 3.68. The maximum atomic E-state index is 12.4. The molecule has 3 aliphatic rings. The first-order chi connectivity index (χ1) is 8.82. The van der Waals surface area contributed by atoms with E-state index in [2.05, 4.69) is 11.6 Å². The Bertz CT molecular complexity index is 503. The van der Waals surface area contributed by atoms with Gasteiger partial charge in [0, 0.05) is 17.3 Å². The summed E-state index contributed by atoms with van der Waals surface area (Å²) in [6.07, 6.45) is 2.57. The molecular formula is C15H21N2O2+. The van der Waals surface area contributed by atoms with Crippen LogP contribution in [0.25, 0.3) is 4.98 Å². The van der Waals surface area contributed by atoms with Gasteiger partial charge in [-0.2, -0.15) is 0 Å². The maximum absolute atomic E-state index is 12.4. The summed E-state index contributed by atoms with van der Waals surface area (Å²) in [4.78, 5) is 15.3. The molecule has 2 bridgehead atoms. The fourth-order valence-corrected chi connectivity index (χ4v) is 4.08. The molecule has 4 nitrogen and oxygen atoms in total. The molecule has 0 heterocycles. The highest BCUT2D eigenvalue weighted by atomic mass is 16.3. The van der Waals surface area contributed by atoms with E-state index in [9.17, 15) is 9.90 Å². The molecule has 0 radical (unpaired) electrons. The number of hydrogen-bond acceptors (Lipinski definition) is 3. The minimum atomic E-state index is -0.476. The zero-order chi connectivity index (χ0) is 14.4. The number of ketones is 1. The van der Waals surface area contributed by atoms with Crippen molar-refractivity contribution in [1.82, 2.24) is 0 Å². The van der Waals surface area contributed by atoms with Crippen LogP contribution < -0.4 is 0 Å². The molecule has 3 aliphatic carbocycles. The summed E-state index contributed by atoms with van der Waals surface area (Å²) in [5.41, 5.74) is 0.573. The molecule has 5 atom stereocenters. The van der Waals surface area contributed by atoms with Gasteiger partial charge >= 0.3 is 6.20 Å². The zero-order valence-electron chi connectivity index (χ0n) is 11.8. The predicted molar refractivity (Wildman–Crippen MR) is 72.6 cm³/mol. The lowest BCUT2D eigenvalue weighted by Crippen LogP contribution is -2.54. The second-order valence-electron chi connectivity index (χ2n) is 6.34. The van der Waals surface area contributed by atoms with Crippen LogP contribution in [-0.2, 0) is 4.79 Å². The van der Waals surface area contributed by atoms with Gasteiger partial charge in [0.25, 0.3) is 0 Å². The van der Waals surface area contributed by atoms with Crippen molar-refractivity contribution in [2.45, 2.75) is 33.6 Å². The monoisotopic (exact) mass is 261 g/mol. The van der Waals surface area contributed by atoms with E-state index in [1.54, 1.807) is 0 Å². The van der Waals surface area contributed by atoms with Gasteiger partial charge < -0.3 is 5.11 Å². The molecule has 4 heteroatoms. The van der Waals surface area contributed by atoms with Crippen molar-refractivity contribution in [2.75, 3.05) is 0 Å². The van der Waals surface area contributed by atoms with Crippen LogP contribution >= 0.6 is 0 Å². The molecule has 0 aliphatic heterocycles. The van der Waals surface area contributed by atoms with Crippen LogP contribution in [0.1, 0.15) is 33.6 Å². The summed E-state index contributed by atoms with van der Waals surface area (Å²) >= 11 is 0. The molecule has 102 valence electrons. The number of carbonyl (C=O) groups is 1. The third-order valence-corrected chi connectivity index (χ3v) is 5.27. The smallest absolute Gasteiger partial charge is 0.387 e. The van der Waals surface area contributed by atoms with Crippen LogP contribution in [0.3, 0.4) is 0 Å². The van der Waals surface area contributed by atoms with Gasteiger partial charge in [-0.1, -0.05) is 26.0 Å². The second-order valence-corrected chi connectivity index (χ2v) is 6.34. The lowest BCUT2D eigenvalue weighted by Gasteiger charge is -2.54. The topological polar surface area (TPSA) is 65.4 Å². The standard InChI is InChI=1S/C15H20N2O2/c1-8(2)10-5-12-9(3)14(19)11(10)6-15(12,4)13(18)7-17-16/h7,9-12H,1,5-6H2,2-4H3/p+1/t9-,10-,11-,12+,15+/m0/s1. The molecule has 19 heavy (non-hydrogen) atoms. The Morgan fingerprint density at radius 3 is 2.79 bits per heavy atom. The number of hydrogen-bond donors (Lipinski definition) is 1. The molecular weight excluding hydrogens is 240 g/mol. The molecule has 3 saturated carbocycles.